The maximum atomic E-state index is 14.8. The van der Waals surface area contributed by atoms with E-state index >= 15 is 0 Å². The largest absolute Gasteiger partial charge is 0.462 e. The normalized spacial score (nSPS) is 45.5. The third-order valence-corrected chi connectivity index (χ3v) is 15.3. The maximum absolute atomic E-state index is 14.8. The van der Waals surface area contributed by atoms with Crippen LogP contribution in [0.5, 0.6) is 0 Å². The van der Waals surface area contributed by atoms with Crippen LogP contribution in [0.3, 0.4) is 0 Å². The van der Waals surface area contributed by atoms with Gasteiger partial charge in [-0.25, -0.2) is 0 Å². The van der Waals surface area contributed by atoms with Gasteiger partial charge in [-0.3, -0.25) is 9.59 Å². The highest BCUT2D eigenvalue weighted by Crippen LogP contribution is 2.72. The first-order valence-electron chi connectivity index (χ1n) is 13.2. The van der Waals surface area contributed by atoms with Gasteiger partial charge in [0.1, 0.15) is 11.9 Å². The Morgan fingerprint density at radius 3 is 2.26 bits per heavy atom. The lowest BCUT2D eigenvalue weighted by Gasteiger charge is -2.44. The molecule has 0 amide bonds. The third kappa shape index (κ3) is 3.45. The van der Waals surface area contributed by atoms with E-state index in [1.165, 1.54) is 6.92 Å². The number of esters is 1. The van der Waals surface area contributed by atoms with Gasteiger partial charge in [0.05, 0.1) is 17.6 Å². The number of ether oxygens (including phenoxy) is 1. The molecule has 2 bridgehead atoms. The van der Waals surface area contributed by atoms with E-state index in [4.69, 9.17) is 9.16 Å². The van der Waals surface area contributed by atoms with Crippen LogP contribution in [-0.4, -0.2) is 43.5 Å². The highest BCUT2D eigenvalue weighted by Gasteiger charge is 2.74. The minimum absolute atomic E-state index is 0.0148. The number of allylic oxidation sites excluding steroid dienone is 1. The predicted molar refractivity (Wildman–Crippen MR) is 136 cm³/mol. The third-order valence-electron chi connectivity index (χ3n) is 10.8. The topological polar surface area (TPSA) is 72.8 Å². The molecular weight excluding hydrogens is 444 g/mol. The lowest BCUT2D eigenvalue weighted by atomic mass is 9.62. The maximum Gasteiger partial charge on any atom is 0.302 e. The van der Waals surface area contributed by atoms with E-state index in [9.17, 15) is 14.7 Å². The van der Waals surface area contributed by atoms with Gasteiger partial charge < -0.3 is 14.3 Å². The van der Waals surface area contributed by atoms with Crippen LogP contribution >= 0.6 is 0 Å². The van der Waals surface area contributed by atoms with Crippen molar-refractivity contribution in [3.8, 4) is 0 Å². The molecule has 0 heterocycles. The Bertz CT molecular complexity index is 914. The zero-order chi connectivity index (χ0) is 25.8. The molecule has 0 radical (unpaired) electrons. The fourth-order valence-corrected chi connectivity index (χ4v) is 9.14. The van der Waals surface area contributed by atoms with Crippen LogP contribution in [0.25, 0.3) is 0 Å². The molecule has 0 saturated heterocycles. The standard InChI is InChI=1S/C28H46O5Si/c1-14-13-28-15(2)12-18-20(27(18,8)9)19(25(28)31)23(33-34(10,11)26(5,6)7)16(3)24(32-17(4)29)21(28)22(14)30/h13,15-16,18-24,30H,12H2,1-11H3/t15-,16+,18-,19-,20+,21+,22+,23-,24-,28-/m1/s1. The highest BCUT2D eigenvalue weighted by molar-refractivity contribution is 6.74. The summed E-state index contributed by atoms with van der Waals surface area (Å²) in [6, 6.07) is 0. The van der Waals surface area contributed by atoms with Gasteiger partial charge >= 0.3 is 5.97 Å². The molecule has 3 fully saturated rings. The number of aliphatic hydroxyl groups excluding tert-OH is 1. The Balaban J connectivity index is 1.94. The molecule has 4 rings (SSSR count). The number of Topliss-reactive ketones (excluding diaryl/α,β-unsaturated/α-hetero) is 1. The predicted octanol–water partition coefficient (Wildman–Crippen LogP) is 5.38. The molecule has 6 heteroatoms. The smallest absolute Gasteiger partial charge is 0.302 e. The molecule has 0 aromatic heterocycles. The van der Waals surface area contributed by atoms with E-state index in [-0.39, 0.29) is 52.0 Å². The number of carbonyl (C=O) groups excluding carboxylic acids is 2. The van der Waals surface area contributed by atoms with Crippen molar-refractivity contribution in [2.24, 2.45) is 46.3 Å². The summed E-state index contributed by atoms with van der Waals surface area (Å²) in [7, 11) is -2.24. The number of hydrogen-bond acceptors (Lipinski definition) is 5. The van der Waals surface area contributed by atoms with Crippen molar-refractivity contribution in [2.75, 3.05) is 0 Å². The van der Waals surface area contributed by atoms with E-state index in [1.54, 1.807) is 0 Å². The summed E-state index contributed by atoms with van der Waals surface area (Å²) in [6.45, 7) is 23.3. The van der Waals surface area contributed by atoms with Crippen molar-refractivity contribution in [1.82, 2.24) is 0 Å². The molecule has 0 aliphatic heterocycles. The summed E-state index contributed by atoms with van der Waals surface area (Å²) >= 11 is 0. The van der Waals surface area contributed by atoms with Gasteiger partial charge in [-0.1, -0.05) is 54.5 Å². The molecule has 0 aromatic carbocycles. The first kappa shape index (κ1) is 26.1. The van der Waals surface area contributed by atoms with Crippen molar-refractivity contribution in [3.63, 3.8) is 0 Å². The highest BCUT2D eigenvalue weighted by atomic mass is 28.4. The number of fused-ring (bicyclic) bond motifs is 3. The molecule has 5 nitrogen and oxygen atoms in total. The van der Waals surface area contributed by atoms with E-state index in [1.807, 2.05) is 6.92 Å². The van der Waals surface area contributed by atoms with Crippen LogP contribution in [0.1, 0.15) is 68.7 Å². The zero-order valence-electron chi connectivity index (χ0n) is 23.1. The van der Waals surface area contributed by atoms with Crippen LogP contribution in [0.15, 0.2) is 11.6 Å². The van der Waals surface area contributed by atoms with Crippen molar-refractivity contribution in [1.29, 1.82) is 0 Å². The Kier molecular flexibility index (Phi) is 5.95. The number of ketones is 1. The SMILES string of the molecule is CC(=O)O[C@@H]1[C@@H](C)[C@@H](O[Si](C)(C)C(C)(C)C)[C@@H]2C(=O)[C@]3(C=C(C)[C@H](O)[C@@H]13)[C@H](C)C[C@@H]1[C@@H]2C1(C)C. The summed E-state index contributed by atoms with van der Waals surface area (Å²) in [6.07, 6.45) is 1.29. The van der Waals surface area contributed by atoms with Crippen LogP contribution in [-0.2, 0) is 18.8 Å². The van der Waals surface area contributed by atoms with E-state index in [0.29, 0.717) is 5.92 Å². The van der Waals surface area contributed by atoms with E-state index in [0.717, 1.165) is 12.0 Å². The summed E-state index contributed by atoms with van der Waals surface area (Å²) in [5.74, 6) is -0.300. The molecule has 0 aromatic rings. The second-order valence-electron chi connectivity index (χ2n) is 14.0. The van der Waals surface area contributed by atoms with Gasteiger partial charge in [0.2, 0.25) is 0 Å². The van der Waals surface area contributed by atoms with Crippen molar-refractivity contribution in [3.05, 3.63) is 11.6 Å². The van der Waals surface area contributed by atoms with Gasteiger partial charge in [0, 0.05) is 24.7 Å². The average Bonchev–Trinajstić information content (AvgIpc) is 3.13. The van der Waals surface area contributed by atoms with E-state index < -0.39 is 31.9 Å². The monoisotopic (exact) mass is 490 g/mol. The Hall–Kier alpha value is -0.983. The van der Waals surface area contributed by atoms with Crippen LogP contribution in [0.4, 0.5) is 0 Å². The fourth-order valence-electron chi connectivity index (χ4n) is 7.75. The molecule has 34 heavy (non-hydrogen) atoms. The number of aliphatic hydroxyl groups is 1. The first-order valence-corrected chi connectivity index (χ1v) is 16.1. The van der Waals surface area contributed by atoms with Crippen molar-refractivity contribution >= 4 is 20.1 Å². The number of hydrogen-bond donors (Lipinski definition) is 1. The molecule has 4 aliphatic rings. The zero-order valence-corrected chi connectivity index (χ0v) is 24.1. The quantitative estimate of drug-likeness (QED) is 0.327. The average molecular weight is 491 g/mol. The summed E-state index contributed by atoms with van der Waals surface area (Å²) in [4.78, 5) is 27.2. The van der Waals surface area contributed by atoms with Crippen LogP contribution in [0, 0.1) is 46.3 Å². The van der Waals surface area contributed by atoms with Crippen molar-refractivity contribution in [2.45, 2.75) is 105 Å². The second kappa shape index (κ2) is 7.76. The Labute approximate surface area is 207 Å². The fraction of sp³-hybridized carbons (Fsp3) is 0.857. The molecule has 1 N–H and O–H groups in total. The lowest BCUT2D eigenvalue weighted by molar-refractivity contribution is -0.163. The molecule has 1 spiro atoms. The van der Waals surface area contributed by atoms with Crippen LogP contribution in [0.2, 0.25) is 18.1 Å². The summed E-state index contributed by atoms with van der Waals surface area (Å²) < 4.78 is 13.2. The van der Waals surface area contributed by atoms with Crippen LogP contribution < -0.4 is 0 Å². The minimum Gasteiger partial charge on any atom is -0.462 e. The number of carbonyl (C=O) groups is 2. The van der Waals surface area contributed by atoms with Crippen molar-refractivity contribution < 1.29 is 23.9 Å². The molecule has 4 aliphatic carbocycles. The minimum atomic E-state index is -2.24. The second-order valence-corrected chi connectivity index (χ2v) is 18.8. The molecular formula is C28H46O5Si. The van der Waals surface area contributed by atoms with Gasteiger partial charge in [-0.05, 0) is 60.2 Å². The molecule has 10 atom stereocenters. The Morgan fingerprint density at radius 1 is 1.15 bits per heavy atom. The van der Waals surface area contributed by atoms with Gasteiger partial charge in [-0.15, -0.1) is 0 Å². The van der Waals surface area contributed by atoms with Gasteiger partial charge in [0.25, 0.3) is 0 Å². The molecule has 0 unspecified atom stereocenters. The van der Waals surface area contributed by atoms with Gasteiger partial charge in [-0.2, -0.15) is 0 Å². The summed E-state index contributed by atoms with van der Waals surface area (Å²) in [5.41, 5.74) is 0.0850. The molecule has 3 saturated carbocycles. The first-order chi connectivity index (χ1) is 15.4. The van der Waals surface area contributed by atoms with E-state index in [2.05, 4.69) is 67.6 Å². The molecule has 192 valence electrons. The number of rotatable bonds is 3. The lowest BCUT2D eigenvalue weighted by Crippen LogP contribution is -2.51. The summed E-state index contributed by atoms with van der Waals surface area (Å²) in [5, 5.41) is 11.4. The Morgan fingerprint density at radius 2 is 1.74 bits per heavy atom. The van der Waals surface area contributed by atoms with Gasteiger partial charge in [0.15, 0.2) is 8.32 Å².